The first kappa shape index (κ1) is 20.0. The van der Waals surface area contributed by atoms with Crippen LogP contribution < -0.4 is 5.32 Å². The van der Waals surface area contributed by atoms with Gasteiger partial charge in [-0.2, -0.15) is 0 Å². The topological polar surface area (TPSA) is 61.7 Å². The minimum atomic E-state index is -0.999. The Kier molecular flexibility index (Phi) is 5.45. The molecule has 0 unspecified atom stereocenters. The number of nitrogens with zero attached hydrogens (tertiary/aromatic N) is 1. The molecule has 26 heavy (non-hydrogen) atoms. The number of benzene rings is 1. The van der Waals surface area contributed by atoms with Gasteiger partial charge in [0, 0.05) is 11.9 Å². The Balaban J connectivity index is 2.38. The lowest BCUT2D eigenvalue weighted by Crippen LogP contribution is -2.17. The van der Waals surface area contributed by atoms with Crippen molar-refractivity contribution in [3.63, 3.8) is 0 Å². The number of fused-ring (bicyclic) bond motifs is 1. The Hall–Kier alpha value is -2.36. The van der Waals surface area contributed by atoms with Crippen molar-refractivity contribution in [2.75, 3.05) is 5.32 Å². The van der Waals surface area contributed by atoms with Crippen LogP contribution in [0.4, 0.5) is 5.69 Å². The minimum absolute atomic E-state index is 0.0379. The summed E-state index contributed by atoms with van der Waals surface area (Å²) in [7, 11) is 0. The maximum absolute atomic E-state index is 11.1. The fraction of sp³-hybridized carbons (Fsp3) is 0.455. The summed E-state index contributed by atoms with van der Waals surface area (Å²) in [4.78, 5) is 15.3. The number of allylic oxidation sites excluding steroid dienone is 1. The van der Waals surface area contributed by atoms with Crippen LogP contribution >= 0.6 is 0 Å². The molecule has 0 spiro atoms. The van der Waals surface area contributed by atoms with Gasteiger partial charge in [-0.05, 0) is 53.4 Å². The van der Waals surface area contributed by atoms with Gasteiger partial charge in [-0.3, -0.25) is 0 Å². The first-order valence-electron chi connectivity index (χ1n) is 9.03. The van der Waals surface area contributed by atoms with E-state index in [1.807, 2.05) is 0 Å². The highest BCUT2D eigenvalue weighted by molar-refractivity contribution is 6.08. The molecule has 1 aliphatic rings. The van der Waals surface area contributed by atoms with Crippen LogP contribution in [0.5, 0.6) is 0 Å². The molecule has 0 bridgehead atoms. The quantitative estimate of drug-likeness (QED) is 0.565. The molecule has 0 amide bonds. The van der Waals surface area contributed by atoms with Crippen molar-refractivity contribution in [3.05, 3.63) is 52.9 Å². The number of hydrogen-bond acceptors (Lipinski definition) is 3. The monoisotopic (exact) mass is 354 g/mol. The predicted octanol–water partition coefficient (Wildman–Crippen LogP) is 5.19. The summed E-state index contributed by atoms with van der Waals surface area (Å²) in [5.74, 6) is -0.565. The van der Waals surface area contributed by atoms with Crippen molar-refractivity contribution >= 4 is 17.9 Å². The molecule has 0 aromatic heterocycles. The molecule has 0 radical (unpaired) electrons. The van der Waals surface area contributed by atoms with Gasteiger partial charge in [0.2, 0.25) is 0 Å². The zero-order valence-corrected chi connectivity index (χ0v) is 16.7. The summed E-state index contributed by atoms with van der Waals surface area (Å²) in [6, 6.07) is 4.51. The first-order chi connectivity index (χ1) is 12.0. The van der Waals surface area contributed by atoms with Gasteiger partial charge >= 0.3 is 5.97 Å². The lowest BCUT2D eigenvalue weighted by Gasteiger charge is -2.26. The molecule has 0 atom stereocenters. The third-order valence-electron chi connectivity index (χ3n) is 5.04. The third kappa shape index (κ3) is 4.24. The summed E-state index contributed by atoms with van der Waals surface area (Å²) in [5, 5.41) is 12.4. The lowest BCUT2D eigenvalue weighted by atomic mass is 9.80. The molecule has 0 saturated heterocycles. The van der Waals surface area contributed by atoms with Crippen LogP contribution in [0.25, 0.3) is 0 Å². The summed E-state index contributed by atoms with van der Waals surface area (Å²) >= 11 is 0. The molecule has 0 aliphatic heterocycles. The van der Waals surface area contributed by atoms with E-state index in [4.69, 9.17) is 5.11 Å². The van der Waals surface area contributed by atoms with Crippen LogP contribution in [0.3, 0.4) is 0 Å². The van der Waals surface area contributed by atoms with Gasteiger partial charge in [0.1, 0.15) is 5.82 Å². The Bertz CT molecular complexity index is 793. The van der Waals surface area contributed by atoms with E-state index < -0.39 is 5.97 Å². The van der Waals surface area contributed by atoms with Crippen molar-refractivity contribution in [2.24, 2.45) is 4.99 Å². The van der Waals surface area contributed by atoms with Crippen LogP contribution in [-0.2, 0) is 22.0 Å². The molecule has 0 saturated carbocycles. The van der Waals surface area contributed by atoms with E-state index in [2.05, 4.69) is 63.6 Å². The smallest absolute Gasteiger partial charge is 0.336 e. The second kappa shape index (κ2) is 7.10. The summed E-state index contributed by atoms with van der Waals surface area (Å²) in [5.41, 5.74) is 5.31. The van der Waals surface area contributed by atoms with Gasteiger partial charge in [0.25, 0.3) is 0 Å². The Morgan fingerprint density at radius 3 is 2.54 bits per heavy atom. The largest absolute Gasteiger partial charge is 0.478 e. The predicted molar refractivity (Wildman–Crippen MR) is 109 cm³/mol. The van der Waals surface area contributed by atoms with E-state index in [1.54, 1.807) is 6.92 Å². The number of rotatable bonds is 5. The van der Waals surface area contributed by atoms with Crippen LogP contribution in [0.1, 0.15) is 64.7 Å². The molecule has 2 rings (SSSR count). The van der Waals surface area contributed by atoms with Crippen LogP contribution in [0.15, 0.2) is 41.2 Å². The van der Waals surface area contributed by atoms with E-state index in [9.17, 15) is 4.79 Å². The fourth-order valence-corrected chi connectivity index (χ4v) is 3.25. The maximum Gasteiger partial charge on any atom is 0.336 e. The molecule has 2 N–H and O–H groups in total. The van der Waals surface area contributed by atoms with Crippen molar-refractivity contribution in [2.45, 2.75) is 65.2 Å². The van der Waals surface area contributed by atoms with Crippen LogP contribution in [0, 0.1) is 0 Å². The molecular weight excluding hydrogens is 324 g/mol. The Morgan fingerprint density at radius 2 is 2.00 bits per heavy atom. The number of carboxylic acids is 1. The van der Waals surface area contributed by atoms with Crippen molar-refractivity contribution in [3.8, 4) is 0 Å². The molecule has 140 valence electrons. The number of hydrogen-bond donors (Lipinski definition) is 2. The first-order valence-corrected chi connectivity index (χ1v) is 9.03. The number of nitrogens with one attached hydrogen (secondary N) is 1. The van der Waals surface area contributed by atoms with Gasteiger partial charge in [0.05, 0.1) is 5.57 Å². The summed E-state index contributed by atoms with van der Waals surface area (Å²) in [6.07, 6.45) is 4.97. The van der Waals surface area contributed by atoms with Gasteiger partial charge in [-0.15, -0.1) is 0 Å². The number of aliphatic imine (C=N–C) groups is 1. The third-order valence-corrected chi connectivity index (χ3v) is 5.04. The van der Waals surface area contributed by atoms with Gasteiger partial charge in [-0.1, -0.05) is 53.3 Å². The van der Waals surface area contributed by atoms with Crippen LogP contribution in [-0.4, -0.2) is 17.3 Å². The Labute approximate surface area is 156 Å². The zero-order valence-electron chi connectivity index (χ0n) is 16.7. The summed E-state index contributed by atoms with van der Waals surface area (Å²) < 4.78 is 0. The van der Waals surface area contributed by atoms with E-state index >= 15 is 0 Å². The van der Waals surface area contributed by atoms with Gasteiger partial charge < -0.3 is 10.4 Å². The van der Waals surface area contributed by atoms with Crippen molar-refractivity contribution < 1.29 is 9.90 Å². The zero-order chi connectivity index (χ0) is 19.7. The average Bonchev–Trinajstić information content (AvgIpc) is 2.82. The highest BCUT2D eigenvalue weighted by Crippen LogP contribution is 2.44. The van der Waals surface area contributed by atoms with E-state index in [-0.39, 0.29) is 16.4 Å². The second-order valence-corrected chi connectivity index (χ2v) is 8.56. The molecule has 1 aromatic carbocycles. The summed E-state index contributed by atoms with van der Waals surface area (Å²) in [6.45, 7) is 16.8. The number of aliphatic carboxylic acids is 1. The lowest BCUT2D eigenvalue weighted by molar-refractivity contribution is -0.132. The van der Waals surface area contributed by atoms with Gasteiger partial charge in [0.15, 0.2) is 0 Å². The van der Waals surface area contributed by atoms with Crippen LogP contribution in [0.2, 0.25) is 0 Å². The Morgan fingerprint density at radius 1 is 1.35 bits per heavy atom. The van der Waals surface area contributed by atoms with E-state index in [0.29, 0.717) is 5.82 Å². The molecule has 1 aliphatic carbocycles. The van der Waals surface area contributed by atoms with E-state index in [1.165, 1.54) is 29.0 Å². The van der Waals surface area contributed by atoms with Crippen molar-refractivity contribution in [1.29, 1.82) is 0 Å². The second-order valence-electron chi connectivity index (χ2n) is 8.56. The highest BCUT2D eigenvalue weighted by atomic mass is 16.4. The molecule has 4 nitrogen and oxygen atoms in total. The SMILES string of the molecule is C=C(/N=C\C(=C/C)C(=O)O)Nc1cc(C(C)(C)C)cc2c1CCC2(C)C. The highest BCUT2D eigenvalue weighted by Gasteiger charge is 2.33. The fourth-order valence-electron chi connectivity index (χ4n) is 3.25. The van der Waals surface area contributed by atoms with Gasteiger partial charge in [-0.25, -0.2) is 9.79 Å². The standard InChI is InChI=1S/C22H30N2O2/c1-8-15(20(25)26)13-23-14(2)24-19-12-16(21(3,4)5)11-18-17(19)9-10-22(18,6)7/h8,11-13,24H,2,9-10H2,1,3-7H3,(H,25,26)/b15-8+,23-13-. The number of carbonyl (C=O) groups is 1. The van der Waals surface area contributed by atoms with Crippen molar-refractivity contribution in [1.82, 2.24) is 0 Å². The average molecular weight is 354 g/mol. The molecule has 4 heteroatoms. The van der Waals surface area contributed by atoms with E-state index in [0.717, 1.165) is 18.5 Å². The number of carboxylic acid groups (broad SMARTS) is 1. The minimum Gasteiger partial charge on any atom is -0.478 e. The molecule has 0 fully saturated rings. The molecule has 0 heterocycles. The molecular formula is C22H30N2O2. The normalized spacial score (nSPS) is 16.6. The number of anilines is 1. The molecule has 1 aromatic rings. The maximum atomic E-state index is 11.1.